The molecule has 0 aromatic carbocycles. The van der Waals surface area contributed by atoms with E-state index in [2.05, 4.69) is 15.2 Å². The maximum Gasteiger partial charge on any atom is 0.269 e. The van der Waals surface area contributed by atoms with Gasteiger partial charge in [0.15, 0.2) is 0 Å². The Morgan fingerprint density at radius 1 is 1.50 bits per heavy atom. The van der Waals surface area contributed by atoms with Crippen molar-refractivity contribution in [1.29, 1.82) is 0 Å². The van der Waals surface area contributed by atoms with E-state index in [0.29, 0.717) is 6.54 Å². The number of nitrogens with zero attached hydrogens (tertiary/aromatic N) is 4. The molecule has 0 aliphatic heterocycles. The van der Waals surface area contributed by atoms with Gasteiger partial charge < -0.3 is 4.57 Å². The molecule has 0 unspecified atom stereocenters. The summed E-state index contributed by atoms with van der Waals surface area (Å²) >= 11 is 1.49. The first-order valence-corrected chi connectivity index (χ1v) is 4.87. The fourth-order valence-corrected chi connectivity index (χ4v) is 1.76. The van der Waals surface area contributed by atoms with E-state index in [1.807, 2.05) is 6.92 Å². The normalized spacial score (nSPS) is 10.4. The van der Waals surface area contributed by atoms with Crippen LogP contribution in [0.5, 0.6) is 0 Å². The highest BCUT2D eigenvalue weighted by atomic mass is 32.1. The minimum absolute atomic E-state index is 0.125. The minimum Gasteiger partial charge on any atom is -0.306 e. The molecule has 0 radical (unpaired) electrons. The second-order valence-electron chi connectivity index (χ2n) is 2.76. The lowest BCUT2D eigenvalue weighted by atomic mass is 10.6. The average molecular weight is 208 g/mol. The SMILES string of the molecule is Cc1nnc(Cn2ccncc2=O)s1. The molecule has 0 saturated carbocycles. The van der Waals surface area contributed by atoms with Crippen LogP contribution in [0, 0.1) is 6.92 Å². The Bertz CT molecular complexity index is 490. The first kappa shape index (κ1) is 9.01. The Balaban J connectivity index is 2.27. The molecule has 0 saturated heterocycles. The summed E-state index contributed by atoms with van der Waals surface area (Å²) in [5, 5.41) is 9.55. The van der Waals surface area contributed by atoms with Crippen LogP contribution in [0.3, 0.4) is 0 Å². The van der Waals surface area contributed by atoms with Gasteiger partial charge in [-0.1, -0.05) is 11.3 Å². The third-order valence-electron chi connectivity index (χ3n) is 1.67. The number of aromatic nitrogens is 4. The molecule has 5 nitrogen and oxygen atoms in total. The quantitative estimate of drug-likeness (QED) is 0.719. The van der Waals surface area contributed by atoms with Gasteiger partial charge in [-0.3, -0.25) is 9.78 Å². The van der Waals surface area contributed by atoms with Crippen LogP contribution in [0.4, 0.5) is 0 Å². The van der Waals surface area contributed by atoms with Crippen molar-refractivity contribution in [2.24, 2.45) is 0 Å². The first-order valence-electron chi connectivity index (χ1n) is 4.05. The lowest BCUT2D eigenvalue weighted by Crippen LogP contribution is -2.19. The molecule has 2 aromatic rings. The van der Waals surface area contributed by atoms with Crippen LogP contribution >= 0.6 is 11.3 Å². The number of aryl methyl sites for hydroxylation is 1. The molecule has 0 aliphatic carbocycles. The zero-order chi connectivity index (χ0) is 9.97. The van der Waals surface area contributed by atoms with Gasteiger partial charge in [-0.15, -0.1) is 10.2 Å². The van der Waals surface area contributed by atoms with Crippen molar-refractivity contribution in [3.05, 3.63) is 39.0 Å². The molecule has 6 heteroatoms. The average Bonchev–Trinajstić information content (AvgIpc) is 2.56. The van der Waals surface area contributed by atoms with Crippen molar-refractivity contribution in [3.8, 4) is 0 Å². The summed E-state index contributed by atoms with van der Waals surface area (Å²) in [4.78, 5) is 15.0. The summed E-state index contributed by atoms with van der Waals surface area (Å²) in [5.74, 6) is 0. The molecule has 14 heavy (non-hydrogen) atoms. The molecule has 2 heterocycles. The Morgan fingerprint density at radius 3 is 3.00 bits per heavy atom. The molecular formula is C8H8N4OS. The number of hydrogen-bond donors (Lipinski definition) is 0. The van der Waals surface area contributed by atoms with Gasteiger partial charge in [-0.25, -0.2) is 0 Å². The summed E-state index contributed by atoms with van der Waals surface area (Å²) in [5.41, 5.74) is -0.125. The van der Waals surface area contributed by atoms with E-state index >= 15 is 0 Å². The molecule has 0 fully saturated rings. The maximum absolute atomic E-state index is 11.3. The van der Waals surface area contributed by atoms with Gasteiger partial charge in [0.2, 0.25) is 0 Å². The standard InChI is InChI=1S/C8H8N4OS/c1-6-10-11-7(14-6)5-12-3-2-9-4-8(12)13/h2-4H,5H2,1H3. The second kappa shape index (κ2) is 3.67. The predicted molar refractivity (Wildman–Crippen MR) is 52.2 cm³/mol. The lowest BCUT2D eigenvalue weighted by molar-refractivity contribution is 0.733. The van der Waals surface area contributed by atoms with Crippen LogP contribution in [-0.4, -0.2) is 19.7 Å². The smallest absolute Gasteiger partial charge is 0.269 e. The van der Waals surface area contributed by atoms with E-state index in [0.717, 1.165) is 10.0 Å². The van der Waals surface area contributed by atoms with Gasteiger partial charge in [0.1, 0.15) is 10.0 Å². The second-order valence-corrected chi connectivity index (χ2v) is 4.02. The third kappa shape index (κ3) is 1.85. The molecule has 0 spiro atoms. The molecule has 0 aliphatic rings. The lowest BCUT2D eigenvalue weighted by Gasteiger charge is -1.99. The highest BCUT2D eigenvalue weighted by molar-refractivity contribution is 7.11. The summed E-state index contributed by atoms with van der Waals surface area (Å²) in [6.07, 6.45) is 4.50. The number of hydrogen-bond acceptors (Lipinski definition) is 5. The molecule has 0 amide bonds. The summed E-state index contributed by atoms with van der Waals surface area (Å²) in [7, 11) is 0. The van der Waals surface area contributed by atoms with E-state index in [1.165, 1.54) is 17.5 Å². The Kier molecular flexibility index (Phi) is 2.36. The van der Waals surface area contributed by atoms with Gasteiger partial charge in [0.25, 0.3) is 5.56 Å². The highest BCUT2D eigenvalue weighted by Crippen LogP contribution is 2.08. The van der Waals surface area contributed by atoms with Crippen LogP contribution in [0.2, 0.25) is 0 Å². The Hall–Kier alpha value is -1.56. The molecule has 72 valence electrons. The van der Waals surface area contributed by atoms with E-state index in [-0.39, 0.29) is 5.56 Å². The predicted octanol–water partition coefficient (Wildman–Crippen LogP) is 0.452. The number of rotatable bonds is 2. The van der Waals surface area contributed by atoms with Crippen molar-refractivity contribution in [1.82, 2.24) is 19.7 Å². The van der Waals surface area contributed by atoms with Crippen molar-refractivity contribution >= 4 is 11.3 Å². The molecule has 2 aromatic heterocycles. The fourth-order valence-electron chi connectivity index (χ4n) is 1.05. The van der Waals surface area contributed by atoms with Gasteiger partial charge in [0.05, 0.1) is 12.7 Å². The van der Waals surface area contributed by atoms with Gasteiger partial charge in [-0.2, -0.15) is 0 Å². The monoisotopic (exact) mass is 208 g/mol. The van der Waals surface area contributed by atoms with Crippen LogP contribution < -0.4 is 5.56 Å². The van der Waals surface area contributed by atoms with Crippen LogP contribution in [0.1, 0.15) is 10.0 Å². The fraction of sp³-hybridized carbons (Fsp3) is 0.250. The van der Waals surface area contributed by atoms with Gasteiger partial charge in [0, 0.05) is 12.4 Å². The van der Waals surface area contributed by atoms with E-state index in [9.17, 15) is 4.79 Å². The summed E-state index contributed by atoms with van der Waals surface area (Å²) in [6, 6.07) is 0. The van der Waals surface area contributed by atoms with E-state index < -0.39 is 0 Å². The van der Waals surface area contributed by atoms with Crippen LogP contribution in [-0.2, 0) is 6.54 Å². The zero-order valence-electron chi connectivity index (χ0n) is 7.54. The maximum atomic E-state index is 11.3. The van der Waals surface area contributed by atoms with Crippen LogP contribution in [0.25, 0.3) is 0 Å². The molecule has 0 N–H and O–H groups in total. The largest absolute Gasteiger partial charge is 0.306 e. The minimum atomic E-state index is -0.125. The third-order valence-corrected chi connectivity index (χ3v) is 2.50. The van der Waals surface area contributed by atoms with Crippen molar-refractivity contribution < 1.29 is 0 Å². The topological polar surface area (TPSA) is 60.7 Å². The van der Waals surface area contributed by atoms with Gasteiger partial charge in [-0.05, 0) is 6.92 Å². The first-order chi connectivity index (χ1) is 6.75. The molecule has 0 atom stereocenters. The summed E-state index contributed by atoms with van der Waals surface area (Å²) < 4.78 is 1.55. The van der Waals surface area contributed by atoms with Gasteiger partial charge >= 0.3 is 0 Å². The van der Waals surface area contributed by atoms with E-state index in [4.69, 9.17) is 0 Å². The zero-order valence-corrected chi connectivity index (χ0v) is 8.36. The van der Waals surface area contributed by atoms with E-state index in [1.54, 1.807) is 17.0 Å². The van der Waals surface area contributed by atoms with Crippen molar-refractivity contribution in [2.75, 3.05) is 0 Å². The molecule has 2 rings (SSSR count). The van der Waals surface area contributed by atoms with Crippen LogP contribution in [0.15, 0.2) is 23.4 Å². The van der Waals surface area contributed by atoms with Crippen molar-refractivity contribution in [2.45, 2.75) is 13.5 Å². The Labute approximate surface area is 84.1 Å². The van der Waals surface area contributed by atoms with Crippen molar-refractivity contribution in [3.63, 3.8) is 0 Å². The molecular weight excluding hydrogens is 200 g/mol. The summed E-state index contributed by atoms with van der Waals surface area (Å²) in [6.45, 7) is 2.35. The Morgan fingerprint density at radius 2 is 2.36 bits per heavy atom. The molecule has 0 bridgehead atoms. The highest BCUT2D eigenvalue weighted by Gasteiger charge is 2.02.